The minimum absolute atomic E-state index is 0.343. The van der Waals surface area contributed by atoms with Gasteiger partial charge >= 0.3 is 0 Å². The van der Waals surface area contributed by atoms with E-state index in [9.17, 15) is 0 Å². The van der Waals surface area contributed by atoms with Crippen LogP contribution in [-0.2, 0) is 6.54 Å². The molecule has 0 aromatic carbocycles. The number of hydrogen-bond acceptors (Lipinski definition) is 4. The van der Waals surface area contributed by atoms with Crippen LogP contribution in [-0.4, -0.2) is 29.2 Å². The second kappa shape index (κ2) is 3.71. The molecule has 2 heterocycles. The van der Waals surface area contributed by atoms with Gasteiger partial charge in [-0.25, -0.2) is 0 Å². The minimum atomic E-state index is 0.343. The standard InChI is InChI=1S/C10H17N3O/c1-7-10(8(2)14-12-7)6-13-4-3-9(11)5-13/h9H,3-6,11H2,1-2H3. The van der Waals surface area contributed by atoms with E-state index in [4.69, 9.17) is 10.3 Å². The van der Waals surface area contributed by atoms with Gasteiger partial charge in [0.1, 0.15) is 5.76 Å². The molecule has 2 N–H and O–H groups in total. The Bertz CT molecular complexity index is 302. The molecule has 1 atom stereocenters. The van der Waals surface area contributed by atoms with Crippen molar-refractivity contribution in [1.29, 1.82) is 0 Å². The van der Waals surface area contributed by atoms with Crippen LogP contribution >= 0.6 is 0 Å². The molecular formula is C10H17N3O. The third kappa shape index (κ3) is 1.81. The van der Waals surface area contributed by atoms with E-state index in [-0.39, 0.29) is 0 Å². The van der Waals surface area contributed by atoms with E-state index in [0.717, 1.165) is 37.5 Å². The summed E-state index contributed by atoms with van der Waals surface area (Å²) in [5.74, 6) is 0.933. The number of hydrogen-bond donors (Lipinski definition) is 1. The van der Waals surface area contributed by atoms with Crippen molar-refractivity contribution in [2.45, 2.75) is 32.9 Å². The van der Waals surface area contributed by atoms with Crippen molar-refractivity contribution in [1.82, 2.24) is 10.1 Å². The van der Waals surface area contributed by atoms with E-state index in [1.54, 1.807) is 0 Å². The Morgan fingerprint density at radius 1 is 1.57 bits per heavy atom. The van der Waals surface area contributed by atoms with Gasteiger partial charge in [0.05, 0.1) is 5.69 Å². The predicted octanol–water partition coefficient (Wildman–Crippen LogP) is 0.824. The summed E-state index contributed by atoms with van der Waals surface area (Å²) in [5, 5.41) is 3.94. The lowest BCUT2D eigenvalue weighted by Gasteiger charge is -2.14. The van der Waals surface area contributed by atoms with Crippen LogP contribution in [0.4, 0.5) is 0 Å². The molecule has 0 aliphatic carbocycles. The average Bonchev–Trinajstić information content (AvgIpc) is 2.67. The van der Waals surface area contributed by atoms with Crippen molar-refractivity contribution in [3.05, 3.63) is 17.0 Å². The molecule has 4 heteroatoms. The Kier molecular flexibility index (Phi) is 2.56. The third-order valence-electron chi connectivity index (χ3n) is 2.87. The van der Waals surface area contributed by atoms with E-state index in [0.29, 0.717) is 6.04 Å². The number of likely N-dealkylation sites (tertiary alicyclic amines) is 1. The van der Waals surface area contributed by atoms with Gasteiger partial charge in [-0.3, -0.25) is 4.90 Å². The van der Waals surface area contributed by atoms with Gasteiger partial charge in [0.25, 0.3) is 0 Å². The molecule has 1 aliphatic rings. The molecule has 1 aromatic heterocycles. The van der Waals surface area contributed by atoms with Gasteiger partial charge in [0.2, 0.25) is 0 Å². The van der Waals surface area contributed by atoms with Crippen LogP contribution in [0.5, 0.6) is 0 Å². The molecule has 4 nitrogen and oxygen atoms in total. The van der Waals surface area contributed by atoms with Crippen LogP contribution in [0.3, 0.4) is 0 Å². The second-order valence-electron chi connectivity index (χ2n) is 4.09. The van der Waals surface area contributed by atoms with Gasteiger partial charge in [0.15, 0.2) is 0 Å². The maximum Gasteiger partial charge on any atom is 0.138 e. The quantitative estimate of drug-likeness (QED) is 0.759. The number of rotatable bonds is 2. The summed E-state index contributed by atoms with van der Waals surface area (Å²) in [7, 11) is 0. The summed E-state index contributed by atoms with van der Waals surface area (Å²) in [4.78, 5) is 2.36. The van der Waals surface area contributed by atoms with Crippen molar-refractivity contribution in [2.75, 3.05) is 13.1 Å². The van der Waals surface area contributed by atoms with E-state index in [2.05, 4.69) is 10.1 Å². The van der Waals surface area contributed by atoms with Crippen LogP contribution < -0.4 is 5.73 Å². The highest BCUT2D eigenvalue weighted by Gasteiger charge is 2.21. The SMILES string of the molecule is Cc1noc(C)c1CN1CCC(N)C1. The molecule has 0 bridgehead atoms. The summed E-state index contributed by atoms with van der Waals surface area (Å²) in [5.41, 5.74) is 8.07. The molecule has 78 valence electrons. The van der Waals surface area contributed by atoms with Crippen molar-refractivity contribution in [3.8, 4) is 0 Å². The second-order valence-corrected chi connectivity index (χ2v) is 4.09. The Morgan fingerprint density at radius 3 is 2.86 bits per heavy atom. The van der Waals surface area contributed by atoms with Gasteiger partial charge in [-0.2, -0.15) is 0 Å². The fourth-order valence-corrected chi connectivity index (χ4v) is 1.96. The molecule has 14 heavy (non-hydrogen) atoms. The monoisotopic (exact) mass is 195 g/mol. The number of aromatic nitrogens is 1. The maximum atomic E-state index is 5.85. The molecular weight excluding hydrogens is 178 g/mol. The zero-order valence-corrected chi connectivity index (χ0v) is 8.79. The first-order valence-corrected chi connectivity index (χ1v) is 5.06. The molecule has 0 saturated carbocycles. The largest absolute Gasteiger partial charge is 0.361 e. The zero-order chi connectivity index (χ0) is 10.1. The van der Waals surface area contributed by atoms with Crippen molar-refractivity contribution < 1.29 is 4.52 Å². The van der Waals surface area contributed by atoms with E-state index >= 15 is 0 Å². The molecule has 1 aromatic rings. The predicted molar refractivity (Wildman–Crippen MR) is 53.8 cm³/mol. The minimum Gasteiger partial charge on any atom is -0.361 e. The van der Waals surface area contributed by atoms with E-state index in [1.807, 2.05) is 13.8 Å². The first-order chi connectivity index (χ1) is 6.66. The lowest BCUT2D eigenvalue weighted by atomic mass is 10.2. The molecule has 1 fully saturated rings. The molecule has 1 unspecified atom stereocenters. The first kappa shape index (κ1) is 9.68. The van der Waals surface area contributed by atoms with Gasteiger partial charge in [-0.1, -0.05) is 5.16 Å². The highest BCUT2D eigenvalue weighted by atomic mass is 16.5. The Hall–Kier alpha value is -0.870. The van der Waals surface area contributed by atoms with Crippen molar-refractivity contribution in [2.24, 2.45) is 5.73 Å². The summed E-state index contributed by atoms with van der Waals surface area (Å²) < 4.78 is 5.12. The molecule has 0 radical (unpaired) electrons. The maximum absolute atomic E-state index is 5.85. The van der Waals surface area contributed by atoms with Gasteiger partial charge < -0.3 is 10.3 Å². The summed E-state index contributed by atoms with van der Waals surface area (Å²) in [6, 6.07) is 0.343. The van der Waals surface area contributed by atoms with Crippen molar-refractivity contribution >= 4 is 0 Å². The Balaban J connectivity index is 2.04. The summed E-state index contributed by atoms with van der Waals surface area (Å²) >= 11 is 0. The Morgan fingerprint density at radius 2 is 2.36 bits per heavy atom. The normalized spacial score (nSPS) is 23.2. The van der Waals surface area contributed by atoms with Crippen LogP contribution in [0.2, 0.25) is 0 Å². The molecule has 2 rings (SSSR count). The highest BCUT2D eigenvalue weighted by Crippen LogP contribution is 2.17. The number of nitrogens with two attached hydrogens (primary N) is 1. The lowest BCUT2D eigenvalue weighted by Crippen LogP contribution is -2.26. The Labute approximate surface area is 84.0 Å². The molecule has 0 amide bonds. The third-order valence-corrected chi connectivity index (χ3v) is 2.87. The molecule has 1 saturated heterocycles. The van der Waals surface area contributed by atoms with Gasteiger partial charge in [-0.05, 0) is 20.3 Å². The summed E-state index contributed by atoms with van der Waals surface area (Å²) in [6.45, 7) is 6.96. The van der Waals surface area contributed by atoms with E-state index in [1.165, 1.54) is 5.56 Å². The van der Waals surface area contributed by atoms with Gasteiger partial charge in [-0.15, -0.1) is 0 Å². The van der Waals surface area contributed by atoms with Crippen LogP contribution in [0.25, 0.3) is 0 Å². The zero-order valence-electron chi connectivity index (χ0n) is 8.79. The fourth-order valence-electron chi connectivity index (χ4n) is 1.96. The van der Waals surface area contributed by atoms with Crippen molar-refractivity contribution in [3.63, 3.8) is 0 Å². The topological polar surface area (TPSA) is 55.3 Å². The summed E-state index contributed by atoms with van der Waals surface area (Å²) in [6.07, 6.45) is 1.10. The number of aryl methyl sites for hydroxylation is 2. The highest BCUT2D eigenvalue weighted by molar-refractivity contribution is 5.20. The van der Waals surface area contributed by atoms with Crippen LogP contribution in [0, 0.1) is 13.8 Å². The van der Waals surface area contributed by atoms with Crippen LogP contribution in [0.1, 0.15) is 23.4 Å². The first-order valence-electron chi connectivity index (χ1n) is 5.06. The smallest absolute Gasteiger partial charge is 0.138 e. The van der Waals surface area contributed by atoms with Crippen LogP contribution in [0.15, 0.2) is 4.52 Å². The molecule has 0 spiro atoms. The number of nitrogens with zero attached hydrogens (tertiary/aromatic N) is 2. The van der Waals surface area contributed by atoms with E-state index < -0.39 is 0 Å². The molecule has 1 aliphatic heterocycles. The lowest BCUT2D eigenvalue weighted by molar-refractivity contribution is 0.322. The van der Waals surface area contributed by atoms with Gasteiger partial charge in [0, 0.05) is 31.2 Å². The average molecular weight is 195 g/mol. The fraction of sp³-hybridized carbons (Fsp3) is 0.700.